The van der Waals surface area contributed by atoms with Gasteiger partial charge in [0.05, 0.1) is 17.7 Å². The maximum atomic E-state index is 14.0. The smallest absolute Gasteiger partial charge is 0.264 e. The van der Waals surface area contributed by atoms with Crippen molar-refractivity contribution in [2.24, 2.45) is 0 Å². The Balaban J connectivity index is 2.00. The first-order valence-electron chi connectivity index (χ1n) is 13.7. The molecule has 0 heterocycles. The zero-order chi connectivity index (χ0) is 30.0. The molecule has 0 aromatic heterocycles. The van der Waals surface area contributed by atoms with Crippen LogP contribution in [0.5, 0.6) is 5.75 Å². The van der Waals surface area contributed by atoms with Crippen LogP contribution in [0.2, 0.25) is 5.02 Å². The second-order valence-corrected chi connectivity index (χ2v) is 12.0. The van der Waals surface area contributed by atoms with E-state index in [0.717, 1.165) is 16.3 Å². The van der Waals surface area contributed by atoms with Gasteiger partial charge in [-0.1, -0.05) is 55.8 Å². The number of amides is 2. The average Bonchev–Trinajstić information content (AvgIpc) is 2.98. The molecule has 3 aromatic rings. The number of hydrogen-bond acceptors (Lipinski definition) is 5. The molecule has 3 aromatic carbocycles. The number of sulfonamides is 1. The second kappa shape index (κ2) is 14.9. The van der Waals surface area contributed by atoms with Crippen molar-refractivity contribution in [1.29, 1.82) is 0 Å². The molecule has 0 aliphatic carbocycles. The number of carbonyl (C=O) groups is 2. The first-order valence-corrected chi connectivity index (χ1v) is 15.5. The van der Waals surface area contributed by atoms with Crippen molar-refractivity contribution in [3.05, 3.63) is 89.4 Å². The van der Waals surface area contributed by atoms with E-state index in [4.69, 9.17) is 16.3 Å². The van der Waals surface area contributed by atoms with Gasteiger partial charge in [0, 0.05) is 17.6 Å². The zero-order valence-electron chi connectivity index (χ0n) is 23.9. The van der Waals surface area contributed by atoms with Gasteiger partial charge in [-0.2, -0.15) is 0 Å². The third-order valence-corrected chi connectivity index (χ3v) is 8.95. The van der Waals surface area contributed by atoms with Gasteiger partial charge in [-0.25, -0.2) is 8.42 Å². The molecule has 0 saturated carbocycles. The Bertz CT molecular complexity index is 1380. The molecule has 8 nitrogen and oxygen atoms in total. The van der Waals surface area contributed by atoms with E-state index in [2.05, 4.69) is 5.32 Å². The van der Waals surface area contributed by atoms with Crippen LogP contribution in [0.25, 0.3) is 0 Å². The van der Waals surface area contributed by atoms with Crippen LogP contribution < -0.4 is 14.4 Å². The monoisotopic (exact) mass is 599 g/mol. The minimum Gasteiger partial charge on any atom is -0.497 e. The van der Waals surface area contributed by atoms with Crippen LogP contribution in [0.4, 0.5) is 5.69 Å². The number of halogens is 1. The molecule has 0 spiro atoms. The quantitative estimate of drug-likeness (QED) is 0.271. The summed E-state index contributed by atoms with van der Waals surface area (Å²) in [7, 11) is -2.68. The molecule has 41 heavy (non-hydrogen) atoms. The highest BCUT2D eigenvalue weighted by Gasteiger charge is 2.33. The largest absolute Gasteiger partial charge is 0.497 e. The number of methoxy groups -OCH3 is 1. The standard InChI is InChI=1S/C31H38ClN3O5S/c1-5-23(3)33-31(37)29(6-2)34(21-20-24-10-8-7-9-11-24)30(36)22-35(26-14-12-25(32)13-15-26)41(38,39)28-18-16-27(40-4)17-19-28/h7-19,23,29H,5-6,20-22H2,1-4H3,(H,33,37)/t23-,29-/m1/s1. The Morgan fingerprint density at radius 1 is 0.927 bits per heavy atom. The van der Waals surface area contributed by atoms with E-state index in [1.54, 1.807) is 36.4 Å². The van der Waals surface area contributed by atoms with Gasteiger partial charge in [-0.05, 0) is 80.3 Å². The van der Waals surface area contributed by atoms with Crippen LogP contribution in [-0.2, 0) is 26.0 Å². The summed E-state index contributed by atoms with van der Waals surface area (Å²) in [6.45, 7) is 5.46. The summed E-state index contributed by atoms with van der Waals surface area (Å²) in [6.07, 6.45) is 1.62. The molecule has 220 valence electrons. The fourth-order valence-corrected chi connectivity index (χ4v) is 5.89. The number of hydrogen-bond donors (Lipinski definition) is 1. The van der Waals surface area contributed by atoms with E-state index in [0.29, 0.717) is 23.6 Å². The summed E-state index contributed by atoms with van der Waals surface area (Å²) in [4.78, 5) is 28.9. The lowest BCUT2D eigenvalue weighted by molar-refractivity contribution is -0.139. The summed E-state index contributed by atoms with van der Waals surface area (Å²) in [5.74, 6) is -0.248. The molecule has 10 heteroatoms. The lowest BCUT2D eigenvalue weighted by Gasteiger charge is -2.33. The van der Waals surface area contributed by atoms with Crippen LogP contribution in [0.3, 0.4) is 0 Å². The fraction of sp³-hybridized carbons (Fsp3) is 0.355. The minimum absolute atomic E-state index is 0.00144. The van der Waals surface area contributed by atoms with E-state index in [1.807, 2.05) is 51.1 Å². The minimum atomic E-state index is -4.18. The van der Waals surface area contributed by atoms with Gasteiger partial charge in [0.15, 0.2) is 0 Å². The molecule has 0 unspecified atom stereocenters. The van der Waals surface area contributed by atoms with E-state index in [-0.39, 0.29) is 29.1 Å². The summed E-state index contributed by atoms with van der Waals surface area (Å²) < 4.78 is 34.1. The summed E-state index contributed by atoms with van der Waals surface area (Å²) in [5.41, 5.74) is 1.28. The molecule has 2 atom stereocenters. The molecule has 0 fully saturated rings. The van der Waals surface area contributed by atoms with Crippen molar-refractivity contribution in [3.63, 3.8) is 0 Å². The molecule has 0 aliphatic rings. The summed E-state index contributed by atoms with van der Waals surface area (Å²) in [5, 5.41) is 3.41. The van der Waals surface area contributed by atoms with Crippen LogP contribution in [0, 0.1) is 0 Å². The van der Waals surface area contributed by atoms with Gasteiger partial charge in [-0.3, -0.25) is 13.9 Å². The van der Waals surface area contributed by atoms with Crippen LogP contribution in [-0.4, -0.2) is 57.4 Å². The van der Waals surface area contributed by atoms with E-state index >= 15 is 0 Å². The van der Waals surface area contributed by atoms with Gasteiger partial charge in [0.1, 0.15) is 18.3 Å². The van der Waals surface area contributed by atoms with Crippen molar-refractivity contribution >= 4 is 39.1 Å². The topological polar surface area (TPSA) is 96.0 Å². The van der Waals surface area contributed by atoms with Crippen molar-refractivity contribution in [2.75, 3.05) is 24.5 Å². The Hall–Kier alpha value is -3.56. The molecule has 2 amide bonds. The molecular weight excluding hydrogens is 562 g/mol. The number of rotatable bonds is 14. The first-order chi connectivity index (χ1) is 19.6. The van der Waals surface area contributed by atoms with Crippen LogP contribution in [0.15, 0.2) is 83.8 Å². The fourth-order valence-electron chi connectivity index (χ4n) is 4.35. The van der Waals surface area contributed by atoms with Gasteiger partial charge in [0.2, 0.25) is 11.8 Å². The number of anilines is 1. The zero-order valence-corrected chi connectivity index (χ0v) is 25.5. The van der Waals surface area contributed by atoms with Crippen LogP contribution >= 0.6 is 11.6 Å². The van der Waals surface area contributed by atoms with Crippen molar-refractivity contribution in [2.45, 2.75) is 57.0 Å². The predicted octanol–water partition coefficient (Wildman–Crippen LogP) is 5.31. The lowest BCUT2D eigenvalue weighted by atomic mass is 10.1. The van der Waals surface area contributed by atoms with Crippen molar-refractivity contribution in [1.82, 2.24) is 10.2 Å². The normalized spacial score (nSPS) is 12.7. The third kappa shape index (κ3) is 8.47. The number of nitrogens with one attached hydrogen (secondary N) is 1. The first kappa shape index (κ1) is 32.0. The van der Waals surface area contributed by atoms with Gasteiger partial charge in [0.25, 0.3) is 10.0 Å². The SMILES string of the molecule is CC[C@@H](C)NC(=O)[C@@H](CC)N(CCc1ccccc1)C(=O)CN(c1ccc(Cl)cc1)S(=O)(=O)c1ccc(OC)cc1. The van der Waals surface area contributed by atoms with Gasteiger partial charge < -0.3 is 15.0 Å². The number of nitrogens with zero attached hydrogens (tertiary/aromatic N) is 2. The highest BCUT2D eigenvalue weighted by molar-refractivity contribution is 7.92. The highest BCUT2D eigenvalue weighted by atomic mass is 35.5. The Kier molecular flexibility index (Phi) is 11.6. The molecular formula is C31H38ClN3O5S. The van der Waals surface area contributed by atoms with E-state index in [1.165, 1.54) is 24.1 Å². The average molecular weight is 600 g/mol. The highest BCUT2D eigenvalue weighted by Crippen LogP contribution is 2.27. The second-order valence-electron chi connectivity index (χ2n) is 9.73. The Morgan fingerprint density at radius 2 is 1.56 bits per heavy atom. The van der Waals surface area contributed by atoms with Crippen molar-refractivity contribution < 1.29 is 22.7 Å². The number of benzene rings is 3. The molecule has 3 rings (SSSR count). The number of ether oxygens (including phenoxy) is 1. The predicted molar refractivity (Wildman–Crippen MR) is 163 cm³/mol. The van der Waals surface area contributed by atoms with E-state index in [9.17, 15) is 18.0 Å². The third-order valence-electron chi connectivity index (χ3n) is 6.91. The van der Waals surface area contributed by atoms with Crippen LogP contribution in [0.1, 0.15) is 39.2 Å². The van der Waals surface area contributed by atoms with E-state index < -0.39 is 28.5 Å². The summed E-state index contributed by atoms with van der Waals surface area (Å²) >= 11 is 6.08. The number of carbonyl (C=O) groups excluding carboxylic acids is 2. The maximum absolute atomic E-state index is 14.0. The van der Waals surface area contributed by atoms with Crippen molar-refractivity contribution in [3.8, 4) is 5.75 Å². The molecule has 0 aliphatic heterocycles. The van der Waals surface area contributed by atoms with Gasteiger partial charge >= 0.3 is 0 Å². The lowest BCUT2D eigenvalue weighted by Crippen LogP contribution is -2.54. The molecule has 1 N–H and O–H groups in total. The molecule has 0 radical (unpaired) electrons. The maximum Gasteiger partial charge on any atom is 0.264 e. The summed E-state index contributed by atoms with van der Waals surface area (Å²) in [6, 6.07) is 21.0. The Labute approximate surface area is 248 Å². The molecule has 0 bridgehead atoms. The van der Waals surface area contributed by atoms with Gasteiger partial charge in [-0.15, -0.1) is 0 Å². The Morgan fingerprint density at radius 3 is 2.12 bits per heavy atom. The molecule has 0 saturated heterocycles.